The SMILES string of the molecule is C=CN(CCNC(=O)CCC[Si](OC)(OC)OC)Cc1ccccc1.Cl. The van der Waals surface area contributed by atoms with Crippen LogP contribution in [0.2, 0.25) is 6.04 Å². The smallest absolute Gasteiger partial charge is 0.377 e. The molecule has 0 aliphatic heterocycles. The molecule has 0 unspecified atom stereocenters. The van der Waals surface area contributed by atoms with Crippen LogP contribution in [0.4, 0.5) is 0 Å². The number of halogens is 1. The molecule has 0 aromatic heterocycles. The van der Waals surface area contributed by atoms with Crippen LogP contribution in [0.3, 0.4) is 0 Å². The van der Waals surface area contributed by atoms with Gasteiger partial charge < -0.3 is 23.5 Å². The monoisotopic (exact) mass is 402 g/mol. The summed E-state index contributed by atoms with van der Waals surface area (Å²) in [7, 11) is 2.15. The Bertz CT molecular complexity index is 507. The highest BCUT2D eigenvalue weighted by Crippen LogP contribution is 2.16. The standard InChI is InChI=1S/C18H30N2O4Si.ClH/c1-5-20(16-17-10-7-6-8-11-17)14-13-19-18(21)12-9-15-25(22-2,23-3)24-4;/h5-8,10-11H,1,9,12-16H2,2-4H3,(H,19,21);1H. The molecule has 26 heavy (non-hydrogen) atoms. The minimum atomic E-state index is -2.58. The number of carbonyl (C=O) groups is 1. The third-order valence-electron chi connectivity index (χ3n) is 4.03. The molecular weight excluding hydrogens is 372 g/mol. The van der Waals surface area contributed by atoms with Crippen molar-refractivity contribution in [3.63, 3.8) is 0 Å². The van der Waals surface area contributed by atoms with Gasteiger partial charge in [-0.2, -0.15) is 0 Å². The van der Waals surface area contributed by atoms with E-state index in [4.69, 9.17) is 13.3 Å². The van der Waals surface area contributed by atoms with Gasteiger partial charge in [-0.15, -0.1) is 12.4 Å². The van der Waals surface area contributed by atoms with Crippen LogP contribution in [0, 0.1) is 0 Å². The number of carbonyl (C=O) groups excluding carboxylic acids is 1. The first-order valence-electron chi connectivity index (χ1n) is 8.42. The van der Waals surface area contributed by atoms with Crippen LogP contribution >= 0.6 is 12.4 Å². The van der Waals surface area contributed by atoms with Crippen LogP contribution < -0.4 is 5.32 Å². The molecule has 0 aliphatic carbocycles. The minimum absolute atomic E-state index is 0. The Morgan fingerprint density at radius 3 is 2.35 bits per heavy atom. The molecular formula is C18H31ClN2O4Si. The van der Waals surface area contributed by atoms with E-state index >= 15 is 0 Å². The van der Waals surface area contributed by atoms with Crippen LogP contribution in [0.15, 0.2) is 43.1 Å². The Hall–Kier alpha value is -1.38. The van der Waals surface area contributed by atoms with Gasteiger partial charge in [0.1, 0.15) is 0 Å². The van der Waals surface area contributed by atoms with Crippen LogP contribution in [-0.2, 0) is 24.6 Å². The average molecular weight is 403 g/mol. The van der Waals surface area contributed by atoms with Crippen molar-refractivity contribution in [3.8, 4) is 0 Å². The van der Waals surface area contributed by atoms with E-state index in [1.807, 2.05) is 18.2 Å². The molecule has 0 saturated carbocycles. The van der Waals surface area contributed by atoms with Crippen molar-refractivity contribution in [1.29, 1.82) is 0 Å². The number of rotatable bonds is 13. The topological polar surface area (TPSA) is 60.0 Å². The maximum Gasteiger partial charge on any atom is 0.500 e. The van der Waals surface area contributed by atoms with Crippen molar-refractivity contribution in [2.45, 2.75) is 25.4 Å². The number of amides is 1. The fourth-order valence-corrected chi connectivity index (χ4v) is 4.22. The van der Waals surface area contributed by atoms with Gasteiger partial charge in [0.15, 0.2) is 0 Å². The van der Waals surface area contributed by atoms with Crippen molar-refractivity contribution < 1.29 is 18.1 Å². The van der Waals surface area contributed by atoms with Gasteiger partial charge in [0.25, 0.3) is 0 Å². The summed E-state index contributed by atoms with van der Waals surface area (Å²) in [5, 5.41) is 2.94. The number of nitrogens with one attached hydrogen (secondary N) is 1. The predicted molar refractivity (Wildman–Crippen MR) is 108 cm³/mol. The first-order chi connectivity index (χ1) is 12.1. The van der Waals surface area contributed by atoms with Gasteiger partial charge in [0.05, 0.1) is 0 Å². The first kappa shape index (κ1) is 24.6. The zero-order chi connectivity index (χ0) is 18.5. The van der Waals surface area contributed by atoms with E-state index in [-0.39, 0.29) is 18.3 Å². The van der Waals surface area contributed by atoms with Gasteiger partial charge in [0.2, 0.25) is 5.91 Å². The third kappa shape index (κ3) is 8.82. The molecule has 0 heterocycles. The van der Waals surface area contributed by atoms with E-state index in [1.54, 1.807) is 27.5 Å². The quantitative estimate of drug-likeness (QED) is 0.514. The van der Waals surface area contributed by atoms with Crippen molar-refractivity contribution >= 4 is 27.1 Å². The molecule has 1 aromatic carbocycles. The molecule has 8 heteroatoms. The predicted octanol–water partition coefficient (Wildman–Crippen LogP) is 2.83. The highest BCUT2D eigenvalue weighted by Gasteiger charge is 2.37. The lowest BCUT2D eigenvalue weighted by molar-refractivity contribution is -0.121. The van der Waals surface area contributed by atoms with Crippen LogP contribution in [0.5, 0.6) is 0 Å². The van der Waals surface area contributed by atoms with Gasteiger partial charge in [-0.3, -0.25) is 4.79 Å². The van der Waals surface area contributed by atoms with E-state index < -0.39 is 8.80 Å². The van der Waals surface area contributed by atoms with Gasteiger partial charge >= 0.3 is 8.80 Å². The summed E-state index contributed by atoms with van der Waals surface area (Å²) in [6.45, 7) is 5.92. The molecule has 0 saturated heterocycles. The lowest BCUT2D eigenvalue weighted by Gasteiger charge is -2.24. The van der Waals surface area contributed by atoms with E-state index in [0.29, 0.717) is 25.4 Å². The van der Waals surface area contributed by atoms with Crippen LogP contribution in [0.1, 0.15) is 18.4 Å². The lowest BCUT2D eigenvalue weighted by Crippen LogP contribution is -2.42. The fourth-order valence-electron chi connectivity index (χ4n) is 2.50. The van der Waals surface area contributed by atoms with Crippen molar-refractivity contribution in [1.82, 2.24) is 10.2 Å². The lowest BCUT2D eigenvalue weighted by atomic mass is 10.2. The second-order valence-corrected chi connectivity index (χ2v) is 8.73. The number of hydrogen-bond acceptors (Lipinski definition) is 5. The van der Waals surface area contributed by atoms with Gasteiger partial charge in [0, 0.05) is 53.4 Å². The summed E-state index contributed by atoms with van der Waals surface area (Å²) in [4.78, 5) is 14.0. The molecule has 0 radical (unpaired) electrons. The van der Waals surface area contributed by atoms with Crippen molar-refractivity contribution in [3.05, 3.63) is 48.7 Å². The Morgan fingerprint density at radius 2 is 1.81 bits per heavy atom. The molecule has 0 spiro atoms. The third-order valence-corrected chi connectivity index (χ3v) is 6.86. The summed E-state index contributed by atoms with van der Waals surface area (Å²) in [6.07, 6.45) is 2.90. The molecule has 1 aromatic rings. The second-order valence-electron chi connectivity index (χ2n) is 5.64. The molecule has 1 N–H and O–H groups in total. The molecule has 6 nitrogen and oxygen atoms in total. The van der Waals surface area contributed by atoms with Crippen LogP contribution in [0.25, 0.3) is 0 Å². The van der Waals surface area contributed by atoms with Gasteiger partial charge in [-0.25, -0.2) is 0 Å². The maximum absolute atomic E-state index is 12.0. The number of hydrogen-bond donors (Lipinski definition) is 1. The molecule has 148 valence electrons. The summed E-state index contributed by atoms with van der Waals surface area (Å²) in [5.74, 6) is 0.0231. The Morgan fingerprint density at radius 1 is 1.19 bits per heavy atom. The van der Waals surface area contributed by atoms with Crippen molar-refractivity contribution in [2.75, 3.05) is 34.4 Å². The summed E-state index contributed by atoms with van der Waals surface area (Å²) in [6, 6.07) is 10.8. The average Bonchev–Trinajstić information content (AvgIpc) is 2.65. The van der Waals surface area contributed by atoms with E-state index in [2.05, 4.69) is 28.9 Å². The van der Waals surface area contributed by atoms with Gasteiger partial charge in [-0.05, 0) is 18.2 Å². The summed E-state index contributed by atoms with van der Waals surface area (Å²) in [5.41, 5.74) is 1.22. The molecule has 0 fully saturated rings. The molecule has 0 bridgehead atoms. The van der Waals surface area contributed by atoms with Crippen molar-refractivity contribution in [2.24, 2.45) is 0 Å². The second kappa shape index (κ2) is 13.8. The molecule has 1 rings (SSSR count). The summed E-state index contributed by atoms with van der Waals surface area (Å²) >= 11 is 0. The molecule has 0 aliphatic rings. The molecule has 0 atom stereocenters. The molecule has 1 amide bonds. The van der Waals surface area contributed by atoms with E-state index in [9.17, 15) is 4.79 Å². The minimum Gasteiger partial charge on any atom is -0.377 e. The Balaban J connectivity index is 0.00000625. The maximum atomic E-state index is 12.0. The Labute approximate surface area is 164 Å². The zero-order valence-electron chi connectivity index (χ0n) is 15.9. The number of benzene rings is 1. The summed E-state index contributed by atoms with van der Waals surface area (Å²) < 4.78 is 16.0. The highest BCUT2D eigenvalue weighted by molar-refractivity contribution is 6.60. The van der Waals surface area contributed by atoms with E-state index in [0.717, 1.165) is 13.1 Å². The Kier molecular flexibility index (Phi) is 13.0. The normalized spacial score (nSPS) is 10.7. The zero-order valence-corrected chi connectivity index (χ0v) is 17.7. The van der Waals surface area contributed by atoms with Crippen LogP contribution in [-0.4, -0.2) is 54.0 Å². The first-order valence-corrected chi connectivity index (χ1v) is 10.3. The largest absolute Gasteiger partial charge is 0.500 e. The van der Waals surface area contributed by atoms with Gasteiger partial charge in [-0.1, -0.05) is 36.9 Å². The fraction of sp³-hybridized carbons (Fsp3) is 0.500. The highest BCUT2D eigenvalue weighted by atomic mass is 35.5. The number of nitrogens with zero attached hydrogens (tertiary/aromatic N) is 1. The van der Waals surface area contributed by atoms with E-state index in [1.165, 1.54) is 5.56 Å².